The average Bonchev–Trinajstić information content (AvgIpc) is 3.03. The molecule has 5 rings (SSSR count). The molecular formula is C20H20N4O3. The highest BCUT2D eigenvalue weighted by Gasteiger charge is 2.40. The van der Waals surface area contributed by atoms with Crippen LogP contribution in [0.15, 0.2) is 52.3 Å². The van der Waals surface area contributed by atoms with Gasteiger partial charge in [-0.1, -0.05) is 18.2 Å². The Morgan fingerprint density at radius 1 is 1.30 bits per heavy atom. The standard InChI is InChI=1S/C20H20N4O3/c1-24(27)11-12(10-23-6-5-18(25)22-20(23)26)7-15-14-3-2-4-16-19(14)13(9-21-16)8-17(15)24/h2-7,9,12,17,21H,8,10-11H2,1H3,(H,22,25,26)/t12-,17+,24?/m0/s1. The van der Waals surface area contributed by atoms with Crippen LogP contribution in [-0.4, -0.2) is 38.8 Å². The number of fused-ring (bicyclic) bond motifs is 2. The van der Waals surface area contributed by atoms with Crippen LogP contribution in [0.25, 0.3) is 16.5 Å². The van der Waals surface area contributed by atoms with Crippen LogP contribution >= 0.6 is 0 Å². The molecule has 2 N–H and O–H groups in total. The van der Waals surface area contributed by atoms with Gasteiger partial charge in [-0.15, -0.1) is 0 Å². The zero-order valence-electron chi connectivity index (χ0n) is 14.9. The van der Waals surface area contributed by atoms with Crippen molar-refractivity contribution in [2.45, 2.75) is 19.0 Å². The molecule has 3 heterocycles. The summed E-state index contributed by atoms with van der Waals surface area (Å²) >= 11 is 0. The first-order valence-electron chi connectivity index (χ1n) is 9.09. The fourth-order valence-corrected chi connectivity index (χ4v) is 4.69. The number of rotatable bonds is 2. The van der Waals surface area contributed by atoms with Gasteiger partial charge >= 0.3 is 5.69 Å². The van der Waals surface area contributed by atoms with Crippen LogP contribution in [0.5, 0.6) is 0 Å². The minimum atomic E-state index is -0.443. The van der Waals surface area contributed by atoms with E-state index in [1.807, 2.05) is 12.3 Å². The van der Waals surface area contributed by atoms with Crippen molar-refractivity contribution in [2.75, 3.05) is 13.6 Å². The van der Waals surface area contributed by atoms with Crippen molar-refractivity contribution in [1.82, 2.24) is 14.5 Å². The molecule has 1 aromatic carbocycles. The Hall–Kier alpha value is -2.90. The lowest BCUT2D eigenvalue weighted by Crippen LogP contribution is -2.55. The lowest BCUT2D eigenvalue weighted by Gasteiger charge is -2.52. The Kier molecular flexibility index (Phi) is 3.35. The molecule has 0 amide bonds. The van der Waals surface area contributed by atoms with Crippen molar-refractivity contribution in [3.8, 4) is 0 Å². The number of hydrogen-bond donors (Lipinski definition) is 2. The lowest BCUT2D eigenvalue weighted by atomic mass is 9.79. The van der Waals surface area contributed by atoms with Crippen molar-refractivity contribution >= 4 is 16.5 Å². The predicted molar refractivity (Wildman–Crippen MR) is 103 cm³/mol. The number of H-pyrrole nitrogens is 2. The molecule has 7 heteroatoms. The van der Waals surface area contributed by atoms with Crippen molar-refractivity contribution in [3.63, 3.8) is 0 Å². The number of nitrogens with zero attached hydrogens (tertiary/aromatic N) is 2. The van der Waals surface area contributed by atoms with Gasteiger partial charge in [0, 0.05) is 53.8 Å². The van der Waals surface area contributed by atoms with E-state index >= 15 is 0 Å². The summed E-state index contributed by atoms with van der Waals surface area (Å²) in [6.45, 7) is 0.771. The smallest absolute Gasteiger partial charge is 0.328 e. The highest BCUT2D eigenvalue weighted by molar-refractivity contribution is 5.98. The fourth-order valence-electron chi connectivity index (χ4n) is 4.69. The number of aromatic amines is 2. The van der Waals surface area contributed by atoms with Crippen LogP contribution in [0, 0.1) is 11.1 Å². The van der Waals surface area contributed by atoms with E-state index < -0.39 is 11.2 Å². The van der Waals surface area contributed by atoms with E-state index in [0.717, 1.165) is 16.7 Å². The van der Waals surface area contributed by atoms with Crippen molar-refractivity contribution in [1.29, 1.82) is 0 Å². The zero-order chi connectivity index (χ0) is 18.8. The molecule has 3 atom stereocenters. The number of hydroxylamine groups is 3. The molecule has 1 aliphatic heterocycles. The topological polar surface area (TPSA) is 93.7 Å². The average molecular weight is 364 g/mol. The first-order chi connectivity index (χ1) is 12.9. The minimum absolute atomic E-state index is 0.0851. The predicted octanol–water partition coefficient (Wildman–Crippen LogP) is 1.60. The van der Waals surface area contributed by atoms with Gasteiger partial charge in [-0.05, 0) is 17.2 Å². The molecule has 2 aliphatic rings. The maximum Gasteiger partial charge on any atom is 0.328 e. The second kappa shape index (κ2) is 5.55. The van der Waals surface area contributed by atoms with Crippen LogP contribution in [0.2, 0.25) is 0 Å². The molecule has 1 aliphatic carbocycles. The Morgan fingerprint density at radius 3 is 2.96 bits per heavy atom. The second-order valence-electron chi connectivity index (χ2n) is 7.76. The van der Waals surface area contributed by atoms with Gasteiger partial charge in [0.15, 0.2) is 0 Å². The van der Waals surface area contributed by atoms with E-state index in [1.54, 1.807) is 7.05 Å². The summed E-state index contributed by atoms with van der Waals surface area (Å²) in [7, 11) is 1.72. The lowest BCUT2D eigenvalue weighted by molar-refractivity contribution is -0.881. The third kappa shape index (κ3) is 2.50. The van der Waals surface area contributed by atoms with Gasteiger partial charge in [0.2, 0.25) is 0 Å². The maximum absolute atomic E-state index is 13.4. The summed E-state index contributed by atoms with van der Waals surface area (Å²) in [6.07, 6.45) is 6.38. The van der Waals surface area contributed by atoms with Crippen LogP contribution in [0.1, 0.15) is 11.1 Å². The Balaban J connectivity index is 1.61. The summed E-state index contributed by atoms with van der Waals surface area (Å²) in [6, 6.07) is 7.33. The summed E-state index contributed by atoms with van der Waals surface area (Å²) in [5.74, 6) is -0.0851. The number of aromatic nitrogens is 3. The highest BCUT2D eigenvalue weighted by atomic mass is 16.5. The molecule has 3 aromatic rings. The third-order valence-electron chi connectivity index (χ3n) is 5.87. The molecule has 0 saturated heterocycles. The SMILES string of the molecule is C[N+]1([O-])C[C@H](Cn2ccc(=O)[nH]c2=O)C=C2c3cccc4[nH]cc(c34)C[C@H]21. The van der Waals surface area contributed by atoms with Gasteiger partial charge < -0.3 is 14.8 Å². The van der Waals surface area contributed by atoms with Gasteiger partial charge in [-0.25, -0.2) is 4.79 Å². The third-order valence-corrected chi connectivity index (χ3v) is 5.87. The zero-order valence-corrected chi connectivity index (χ0v) is 14.9. The molecule has 0 radical (unpaired) electrons. The monoisotopic (exact) mass is 364 g/mol. The molecule has 0 spiro atoms. The van der Waals surface area contributed by atoms with Crippen LogP contribution < -0.4 is 11.2 Å². The van der Waals surface area contributed by atoms with Crippen molar-refractivity contribution < 1.29 is 4.65 Å². The molecule has 0 bridgehead atoms. The molecular weight excluding hydrogens is 344 g/mol. The van der Waals surface area contributed by atoms with Gasteiger partial charge in [0.1, 0.15) is 6.04 Å². The first-order valence-corrected chi connectivity index (χ1v) is 9.09. The van der Waals surface area contributed by atoms with E-state index in [4.69, 9.17) is 0 Å². The molecule has 7 nitrogen and oxygen atoms in total. The minimum Gasteiger partial charge on any atom is -0.633 e. The number of quaternary nitrogens is 1. The van der Waals surface area contributed by atoms with E-state index in [9.17, 15) is 14.8 Å². The first kappa shape index (κ1) is 16.3. The Morgan fingerprint density at radius 2 is 2.15 bits per heavy atom. The molecule has 2 aromatic heterocycles. The van der Waals surface area contributed by atoms with Crippen LogP contribution in [-0.2, 0) is 13.0 Å². The quantitative estimate of drug-likeness (QED) is 0.534. The Labute approximate surface area is 154 Å². The number of hydrogen-bond acceptors (Lipinski definition) is 3. The largest absolute Gasteiger partial charge is 0.633 e. The van der Waals surface area contributed by atoms with E-state index in [1.165, 1.54) is 27.8 Å². The molecule has 0 fully saturated rings. The number of nitrogens with one attached hydrogen (secondary N) is 2. The van der Waals surface area contributed by atoms with E-state index in [0.29, 0.717) is 19.5 Å². The van der Waals surface area contributed by atoms with Crippen molar-refractivity contribution in [3.05, 3.63) is 79.9 Å². The van der Waals surface area contributed by atoms with E-state index in [2.05, 4.69) is 28.2 Å². The van der Waals surface area contributed by atoms with Crippen LogP contribution in [0.3, 0.4) is 0 Å². The van der Waals surface area contributed by atoms with Gasteiger partial charge in [-0.2, -0.15) is 0 Å². The second-order valence-corrected chi connectivity index (χ2v) is 7.76. The molecule has 1 unspecified atom stereocenters. The van der Waals surface area contributed by atoms with Gasteiger partial charge in [0.05, 0.1) is 13.6 Å². The highest BCUT2D eigenvalue weighted by Crippen LogP contribution is 2.43. The summed E-state index contributed by atoms with van der Waals surface area (Å²) in [5.41, 5.74) is 3.60. The van der Waals surface area contributed by atoms with E-state index in [-0.39, 0.29) is 16.6 Å². The molecule has 27 heavy (non-hydrogen) atoms. The van der Waals surface area contributed by atoms with Crippen LogP contribution in [0.4, 0.5) is 0 Å². The van der Waals surface area contributed by atoms with Gasteiger partial charge in [-0.3, -0.25) is 14.3 Å². The number of benzene rings is 1. The normalized spacial score (nSPS) is 26.7. The summed E-state index contributed by atoms with van der Waals surface area (Å²) < 4.78 is 1.10. The molecule has 138 valence electrons. The van der Waals surface area contributed by atoms with Gasteiger partial charge in [0.25, 0.3) is 5.56 Å². The molecule has 0 saturated carbocycles. The summed E-state index contributed by atoms with van der Waals surface area (Å²) in [4.78, 5) is 28.9. The fraction of sp³-hybridized carbons (Fsp3) is 0.300. The van der Waals surface area contributed by atoms with Crippen molar-refractivity contribution in [2.24, 2.45) is 5.92 Å². The summed E-state index contributed by atoms with van der Waals surface area (Å²) in [5, 5.41) is 14.6. The number of likely N-dealkylation sites (N-methyl/N-ethyl adjacent to an activating group) is 1. The Bertz CT molecular complexity index is 1200. The maximum atomic E-state index is 13.4.